The molecule has 1 fully saturated rings. The number of aliphatic hydroxyl groups is 1. The Kier molecular flexibility index (Phi) is 6.13. The first kappa shape index (κ1) is 17.3. The Hall–Kier alpha value is -1.55. The largest absolute Gasteiger partial charge is 0.396 e. The second kappa shape index (κ2) is 8.52. The Morgan fingerprint density at radius 2 is 1.79 bits per heavy atom. The summed E-state index contributed by atoms with van der Waals surface area (Å²) in [5.41, 5.74) is 3.70. The second-order valence-electron chi connectivity index (χ2n) is 6.58. The van der Waals surface area contributed by atoms with Crippen LogP contribution in [-0.2, 0) is 13.1 Å². The fourth-order valence-corrected chi connectivity index (χ4v) is 3.30. The van der Waals surface area contributed by atoms with Gasteiger partial charge in [-0.2, -0.15) is 0 Å². The molecule has 2 aromatic rings. The van der Waals surface area contributed by atoms with E-state index in [2.05, 4.69) is 34.5 Å². The summed E-state index contributed by atoms with van der Waals surface area (Å²) in [6, 6.07) is 16.6. The Morgan fingerprint density at radius 1 is 1.04 bits per heavy atom. The van der Waals surface area contributed by atoms with Gasteiger partial charge in [0.2, 0.25) is 0 Å². The van der Waals surface area contributed by atoms with Crippen molar-refractivity contribution in [3.05, 3.63) is 64.7 Å². The Balaban J connectivity index is 1.53. The molecule has 3 nitrogen and oxygen atoms in total. The Labute approximate surface area is 149 Å². The fourth-order valence-electron chi connectivity index (χ4n) is 3.17. The molecule has 0 bridgehead atoms. The van der Waals surface area contributed by atoms with Crippen LogP contribution in [0.2, 0.25) is 5.02 Å². The van der Waals surface area contributed by atoms with Crippen LogP contribution in [0.3, 0.4) is 0 Å². The van der Waals surface area contributed by atoms with Crippen molar-refractivity contribution in [2.24, 2.45) is 5.92 Å². The summed E-state index contributed by atoms with van der Waals surface area (Å²) in [6.07, 6.45) is 2.20. The van der Waals surface area contributed by atoms with E-state index in [4.69, 9.17) is 11.6 Å². The van der Waals surface area contributed by atoms with E-state index in [1.807, 2.05) is 24.3 Å². The molecule has 0 aliphatic carbocycles. The van der Waals surface area contributed by atoms with Crippen molar-refractivity contribution < 1.29 is 5.11 Å². The number of aliphatic hydroxyl groups excluding tert-OH is 1. The maximum Gasteiger partial charge on any atom is 0.0460 e. The Bertz CT molecular complexity index is 636. The van der Waals surface area contributed by atoms with Gasteiger partial charge in [-0.25, -0.2) is 0 Å². The average Bonchev–Trinajstić information content (AvgIpc) is 2.62. The van der Waals surface area contributed by atoms with Gasteiger partial charge in [-0.3, -0.25) is 4.90 Å². The smallest absolute Gasteiger partial charge is 0.0460 e. The van der Waals surface area contributed by atoms with Crippen molar-refractivity contribution in [2.45, 2.75) is 25.9 Å². The summed E-state index contributed by atoms with van der Waals surface area (Å²) >= 11 is 5.92. The van der Waals surface area contributed by atoms with Crippen molar-refractivity contribution in [3.8, 4) is 0 Å². The molecule has 0 unspecified atom stereocenters. The number of nitrogens with one attached hydrogen (secondary N) is 1. The van der Waals surface area contributed by atoms with E-state index >= 15 is 0 Å². The van der Waals surface area contributed by atoms with Gasteiger partial charge >= 0.3 is 0 Å². The molecule has 1 heterocycles. The van der Waals surface area contributed by atoms with Crippen LogP contribution in [0, 0.1) is 5.92 Å². The zero-order valence-corrected chi connectivity index (χ0v) is 14.7. The quantitative estimate of drug-likeness (QED) is 0.826. The summed E-state index contributed by atoms with van der Waals surface area (Å²) in [6.45, 7) is 4.26. The molecule has 1 aliphatic heterocycles. The van der Waals surface area contributed by atoms with Crippen LogP contribution in [0.25, 0.3) is 0 Å². The molecule has 1 saturated heterocycles. The molecule has 3 rings (SSSR count). The number of likely N-dealkylation sites (tertiary alicyclic amines) is 1. The number of nitrogens with zero attached hydrogens (tertiary/aromatic N) is 1. The second-order valence-corrected chi connectivity index (χ2v) is 7.02. The third-order valence-corrected chi connectivity index (χ3v) is 4.96. The van der Waals surface area contributed by atoms with E-state index in [-0.39, 0.29) is 0 Å². The maximum atomic E-state index is 9.24. The molecule has 2 aromatic carbocycles. The summed E-state index contributed by atoms with van der Waals surface area (Å²) in [4.78, 5) is 2.48. The molecule has 0 radical (unpaired) electrons. The van der Waals surface area contributed by atoms with E-state index in [1.54, 1.807) is 0 Å². The standard InChI is InChI=1S/C20H25ClN2O/c21-19-6-4-16(5-7-19)13-22-20-3-1-2-18(12-20)14-23-10-8-17(15-24)9-11-23/h1-7,12,17,22,24H,8-11,13-15H2. The Morgan fingerprint density at radius 3 is 2.50 bits per heavy atom. The number of hydrogen-bond acceptors (Lipinski definition) is 3. The molecule has 2 N–H and O–H groups in total. The van der Waals surface area contributed by atoms with Crippen molar-refractivity contribution in [1.29, 1.82) is 0 Å². The summed E-state index contributed by atoms with van der Waals surface area (Å²) in [5, 5.41) is 13.5. The number of piperidine rings is 1. The third-order valence-electron chi connectivity index (χ3n) is 4.71. The molecule has 24 heavy (non-hydrogen) atoms. The number of halogens is 1. The van der Waals surface area contributed by atoms with Gasteiger partial charge in [0.05, 0.1) is 0 Å². The molecule has 0 aromatic heterocycles. The van der Waals surface area contributed by atoms with E-state index in [0.717, 1.165) is 49.7 Å². The topological polar surface area (TPSA) is 35.5 Å². The highest BCUT2D eigenvalue weighted by atomic mass is 35.5. The first-order valence-electron chi connectivity index (χ1n) is 8.63. The van der Waals surface area contributed by atoms with Gasteiger partial charge in [0.1, 0.15) is 0 Å². The molecule has 1 aliphatic rings. The number of rotatable bonds is 6. The number of anilines is 1. The van der Waals surface area contributed by atoms with Crippen LogP contribution in [0.5, 0.6) is 0 Å². The first-order chi connectivity index (χ1) is 11.7. The zero-order chi connectivity index (χ0) is 16.8. The van der Waals surface area contributed by atoms with Gasteiger partial charge in [0.25, 0.3) is 0 Å². The maximum absolute atomic E-state index is 9.24. The normalized spacial score (nSPS) is 16.2. The molecular formula is C20H25ClN2O. The molecule has 0 atom stereocenters. The van der Waals surface area contributed by atoms with Gasteiger partial charge in [0, 0.05) is 30.4 Å². The SMILES string of the molecule is OCC1CCN(Cc2cccc(NCc3ccc(Cl)cc3)c2)CC1. The summed E-state index contributed by atoms with van der Waals surface area (Å²) in [5.74, 6) is 0.494. The van der Waals surface area contributed by atoms with E-state index in [0.29, 0.717) is 12.5 Å². The molecule has 0 amide bonds. The van der Waals surface area contributed by atoms with Crippen molar-refractivity contribution >= 4 is 17.3 Å². The van der Waals surface area contributed by atoms with Gasteiger partial charge in [-0.15, -0.1) is 0 Å². The predicted octanol–water partition coefficient (Wildman–Crippen LogP) is 4.16. The van der Waals surface area contributed by atoms with Crippen molar-refractivity contribution in [2.75, 3.05) is 25.0 Å². The third kappa shape index (κ3) is 4.97. The molecule has 4 heteroatoms. The van der Waals surface area contributed by atoms with Crippen LogP contribution in [0.15, 0.2) is 48.5 Å². The number of hydrogen-bond donors (Lipinski definition) is 2. The van der Waals surface area contributed by atoms with Crippen LogP contribution < -0.4 is 5.32 Å². The molecule has 0 spiro atoms. The summed E-state index contributed by atoms with van der Waals surface area (Å²) in [7, 11) is 0. The van der Waals surface area contributed by atoms with Crippen LogP contribution in [-0.4, -0.2) is 29.7 Å². The lowest BCUT2D eigenvalue weighted by atomic mass is 9.97. The van der Waals surface area contributed by atoms with E-state index in [1.165, 1.54) is 11.1 Å². The number of benzene rings is 2. The zero-order valence-electron chi connectivity index (χ0n) is 13.9. The van der Waals surface area contributed by atoms with Crippen LogP contribution in [0.1, 0.15) is 24.0 Å². The van der Waals surface area contributed by atoms with Gasteiger partial charge < -0.3 is 10.4 Å². The summed E-state index contributed by atoms with van der Waals surface area (Å²) < 4.78 is 0. The molecule has 128 valence electrons. The van der Waals surface area contributed by atoms with E-state index < -0.39 is 0 Å². The fraction of sp³-hybridized carbons (Fsp3) is 0.400. The van der Waals surface area contributed by atoms with E-state index in [9.17, 15) is 5.11 Å². The monoisotopic (exact) mass is 344 g/mol. The average molecular weight is 345 g/mol. The lowest BCUT2D eigenvalue weighted by Gasteiger charge is -2.31. The minimum Gasteiger partial charge on any atom is -0.396 e. The minimum absolute atomic E-state index is 0.331. The highest BCUT2D eigenvalue weighted by molar-refractivity contribution is 6.30. The lowest BCUT2D eigenvalue weighted by molar-refractivity contribution is 0.127. The highest BCUT2D eigenvalue weighted by Gasteiger charge is 2.18. The minimum atomic E-state index is 0.331. The van der Waals surface area contributed by atoms with Gasteiger partial charge in [0.15, 0.2) is 0 Å². The lowest BCUT2D eigenvalue weighted by Crippen LogP contribution is -2.34. The van der Waals surface area contributed by atoms with Gasteiger partial charge in [-0.1, -0.05) is 35.9 Å². The van der Waals surface area contributed by atoms with Crippen molar-refractivity contribution in [3.63, 3.8) is 0 Å². The van der Waals surface area contributed by atoms with Gasteiger partial charge in [-0.05, 0) is 67.2 Å². The molecular weight excluding hydrogens is 320 g/mol. The van der Waals surface area contributed by atoms with Crippen LogP contribution >= 0.6 is 11.6 Å². The van der Waals surface area contributed by atoms with Crippen LogP contribution in [0.4, 0.5) is 5.69 Å². The first-order valence-corrected chi connectivity index (χ1v) is 9.01. The van der Waals surface area contributed by atoms with Crippen molar-refractivity contribution in [1.82, 2.24) is 4.90 Å². The predicted molar refractivity (Wildman–Crippen MR) is 100 cm³/mol. The molecule has 0 saturated carbocycles. The highest BCUT2D eigenvalue weighted by Crippen LogP contribution is 2.20.